The largest absolute Gasteiger partial charge is 0.367 e. The smallest absolute Gasteiger partial charge is 0.0716 e. The van der Waals surface area contributed by atoms with E-state index in [2.05, 4.69) is 86.4 Å². The molecule has 0 spiro atoms. The molecule has 1 saturated carbocycles. The standard InChI is InChI=1S/C34H47N5/c1-7-25-15-27(24(5)38-20-29(35)12-11-21(38)2)16-32(22(25)3)36-23(4)33-17-26-9-8-10-31(28-18-37(6)19-28)34(26)39(33)30-13-14-30/h8-10,15-16,21,28-30,33H,5,7,11-14,17-20,35H2,1-4,6H3. The molecule has 5 heteroatoms. The summed E-state index contributed by atoms with van der Waals surface area (Å²) >= 11 is 0. The van der Waals surface area contributed by atoms with Crippen molar-refractivity contribution in [1.29, 1.82) is 0 Å². The maximum atomic E-state index is 6.36. The second-order valence-corrected chi connectivity index (χ2v) is 12.8. The van der Waals surface area contributed by atoms with Gasteiger partial charge in [-0.05, 0) is 99.9 Å². The summed E-state index contributed by atoms with van der Waals surface area (Å²) in [6.07, 6.45) is 6.86. The fourth-order valence-electron chi connectivity index (χ4n) is 7.27. The van der Waals surface area contributed by atoms with Crippen LogP contribution in [0.5, 0.6) is 0 Å². The van der Waals surface area contributed by atoms with Gasteiger partial charge in [-0.1, -0.05) is 31.7 Å². The molecule has 39 heavy (non-hydrogen) atoms. The summed E-state index contributed by atoms with van der Waals surface area (Å²) in [7, 11) is 2.23. The molecule has 0 amide bonds. The first-order valence-electron chi connectivity index (χ1n) is 15.2. The van der Waals surface area contributed by atoms with Crippen LogP contribution in [0.3, 0.4) is 0 Å². The molecule has 3 atom stereocenters. The van der Waals surface area contributed by atoms with Gasteiger partial charge in [0.1, 0.15) is 0 Å². The predicted molar refractivity (Wildman–Crippen MR) is 165 cm³/mol. The van der Waals surface area contributed by atoms with E-state index in [-0.39, 0.29) is 6.04 Å². The fraction of sp³-hybridized carbons (Fsp3) is 0.559. The molecule has 0 aromatic heterocycles. The van der Waals surface area contributed by atoms with E-state index in [1.807, 2.05) is 0 Å². The molecule has 3 unspecified atom stereocenters. The second kappa shape index (κ2) is 10.4. The maximum Gasteiger partial charge on any atom is 0.0716 e. The first-order chi connectivity index (χ1) is 18.7. The number of aryl methyl sites for hydroxylation is 1. The van der Waals surface area contributed by atoms with Gasteiger partial charge in [0.25, 0.3) is 0 Å². The van der Waals surface area contributed by atoms with E-state index in [0.717, 1.165) is 43.6 Å². The number of likely N-dealkylation sites (N-methyl/N-ethyl adjacent to an activating group) is 1. The zero-order chi connectivity index (χ0) is 27.4. The number of rotatable bonds is 7. The van der Waals surface area contributed by atoms with Crippen molar-refractivity contribution in [3.05, 3.63) is 64.7 Å². The Labute approximate surface area is 235 Å². The Bertz CT molecular complexity index is 1280. The second-order valence-electron chi connectivity index (χ2n) is 12.8. The van der Waals surface area contributed by atoms with Crippen LogP contribution in [0.2, 0.25) is 0 Å². The molecule has 2 saturated heterocycles. The van der Waals surface area contributed by atoms with Crippen molar-refractivity contribution in [1.82, 2.24) is 9.80 Å². The van der Waals surface area contributed by atoms with Crippen molar-refractivity contribution in [2.24, 2.45) is 10.7 Å². The minimum Gasteiger partial charge on any atom is -0.367 e. The van der Waals surface area contributed by atoms with Crippen LogP contribution in [0.15, 0.2) is 41.9 Å². The van der Waals surface area contributed by atoms with Crippen molar-refractivity contribution >= 4 is 22.8 Å². The Balaban J connectivity index is 1.33. The number of anilines is 1. The molecular weight excluding hydrogens is 478 g/mol. The molecule has 0 bridgehead atoms. The van der Waals surface area contributed by atoms with E-state index in [1.54, 1.807) is 5.56 Å². The average Bonchev–Trinajstić information content (AvgIpc) is 3.67. The highest BCUT2D eigenvalue weighted by Gasteiger charge is 2.43. The lowest BCUT2D eigenvalue weighted by atomic mass is 9.89. The summed E-state index contributed by atoms with van der Waals surface area (Å²) in [5.41, 5.74) is 18.2. The highest BCUT2D eigenvalue weighted by atomic mass is 15.3. The van der Waals surface area contributed by atoms with Crippen LogP contribution < -0.4 is 10.6 Å². The van der Waals surface area contributed by atoms with E-state index in [4.69, 9.17) is 10.7 Å². The van der Waals surface area contributed by atoms with Crippen molar-refractivity contribution in [2.45, 2.75) is 96.3 Å². The number of nitrogens with two attached hydrogens (primary N) is 1. The van der Waals surface area contributed by atoms with Crippen molar-refractivity contribution < 1.29 is 0 Å². The number of hydrogen-bond acceptors (Lipinski definition) is 5. The highest BCUT2D eigenvalue weighted by Crippen LogP contribution is 2.47. The molecule has 5 nitrogen and oxygen atoms in total. The van der Waals surface area contributed by atoms with E-state index in [0.29, 0.717) is 24.0 Å². The summed E-state index contributed by atoms with van der Waals surface area (Å²) < 4.78 is 0. The fourth-order valence-corrected chi connectivity index (χ4v) is 7.27. The molecular formula is C34H47N5. The Hall–Kier alpha value is -2.63. The van der Waals surface area contributed by atoms with Gasteiger partial charge in [-0.15, -0.1) is 0 Å². The molecule has 2 N–H and O–H groups in total. The van der Waals surface area contributed by atoms with Crippen LogP contribution in [0.25, 0.3) is 5.70 Å². The Morgan fingerprint density at radius 3 is 2.56 bits per heavy atom. The molecule has 6 rings (SSSR count). The van der Waals surface area contributed by atoms with Gasteiger partial charge in [-0.3, -0.25) is 4.99 Å². The molecule has 208 valence electrons. The van der Waals surface area contributed by atoms with Crippen LogP contribution >= 0.6 is 0 Å². The van der Waals surface area contributed by atoms with Gasteiger partial charge in [0.2, 0.25) is 0 Å². The molecule has 0 radical (unpaired) electrons. The van der Waals surface area contributed by atoms with Crippen molar-refractivity contribution in [3.8, 4) is 0 Å². The minimum absolute atomic E-state index is 0.219. The predicted octanol–water partition coefficient (Wildman–Crippen LogP) is 6.05. The first kappa shape index (κ1) is 26.6. The lowest BCUT2D eigenvalue weighted by Gasteiger charge is -2.39. The highest BCUT2D eigenvalue weighted by molar-refractivity contribution is 5.95. The molecule has 2 aromatic rings. The average molecular weight is 526 g/mol. The topological polar surface area (TPSA) is 48.1 Å². The molecule has 3 aliphatic heterocycles. The Kier molecular flexibility index (Phi) is 7.09. The number of hydrogen-bond donors (Lipinski definition) is 1. The van der Waals surface area contributed by atoms with Gasteiger partial charge in [-0.2, -0.15) is 0 Å². The van der Waals surface area contributed by atoms with Gasteiger partial charge in [0.05, 0.1) is 11.7 Å². The normalized spacial score (nSPS) is 26.1. The van der Waals surface area contributed by atoms with Crippen molar-refractivity contribution in [3.63, 3.8) is 0 Å². The Morgan fingerprint density at radius 2 is 1.87 bits per heavy atom. The minimum atomic E-state index is 0.219. The molecule has 3 heterocycles. The number of para-hydroxylation sites is 1. The Morgan fingerprint density at radius 1 is 1.10 bits per heavy atom. The van der Waals surface area contributed by atoms with E-state index < -0.39 is 0 Å². The van der Waals surface area contributed by atoms with E-state index >= 15 is 0 Å². The maximum absolute atomic E-state index is 6.36. The third-order valence-electron chi connectivity index (χ3n) is 9.85. The zero-order valence-electron chi connectivity index (χ0n) is 24.7. The van der Waals surface area contributed by atoms with Gasteiger partial charge in [0.15, 0.2) is 0 Å². The molecule has 3 fully saturated rings. The quantitative estimate of drug-likeness (QED) is 0.447. The lowest BCUT2D eigenvalue weighted by Crippen LogP contribution is -2.46. The van der Waals surface area contributed by atoms with Crippen LogP contribution in [0.1, 0.15) is 80.2 Å². The van der Waals surface area contributed by atoms with Gasteiger partial charge in [-0.25, -0.2) is 0 Å². The third-order valence-corrected chi connectivity index (χ3v) is 9.85. The number of piperidine rings is 1. The molecule has 4 aliphatic rings. The van der Waals surface area contributed by atoms with Gasteiger partial charge >= 0.3 is 0 Å². The third kappa shape index (κ3) is 4.93. The van der Waals surface area contributed by atoms with Crippen LogP contribution in [0, 0.1) is 6.92 Å². The van der Waals surface area contributed by atoms with E-state index in [1.165, 1.54) is 59.6 Å². The SMILES string of the molecule is C=C(c1cc(CC)c(C)c(N=C(C)C2Cc3cccc(C4CN(C)C4)c3N2C2CC2)c1)N1CC(N)CCC1C. The number of fused-ring (bicyclic) bond motifs is 1. The summed E-state index contributed by atoms with van der Waals surface area (Å²) in [6.45, 7) is 16.8. The van der Waals surface area contributed by atoms with Gasteiger partial charge in [0, 0.05) is 67.2 Å². The monoisotopic (exact) mass is 525 g/mol. The number of likely N-dealkylation sites (tertiary alicyclic amines) is 2. The summed E-state index contributed by atoms with van der Waals surface area (Å²) in [5.74, 6) is 0.657. The summed E-state index contributed by atoms with van der Waals surface area (Å²) in [5, 5.41) is 0. The van der Waals surface area contributed by atoms with Gasteiger partial charge < -0.3 is 20.4 Å². The van der Waals surface area contributed by atoms with Crippen LogP contribution in [-0.2, 0) is 12.8 Å². The zero-order valence-corrected chi connectivity index (χ0v) is 24.7. The van der Waals surface area contributed by atoms with Crippen LogP contribution in [0.4, 0.5) is 11.4 Å². The summed E-state index contributed by atoms with van der Waals surface area (Å²) in [4.78, 5) is 13.0. The van der Waals surface area contributed by atoms with Crippen LogP contribution in [-0.4, -0.2) is 66.4 Å². The lowest BCUT2D eigenvalue weighted by molar-refractivity contribution is 0.190. The van der Waals surface area contributed by atoms with Crippen molar-refractivity contribution in [2.75, 3.05) is 31.6 Å². The summed E-state index contributed by atoms with van der Waals surface area (Å²) in [6, 6.07) is 13.3. The first-order valence-corrected chi connectivity index (χ1v) is 15.2. The van der Waals surface area contributed by atoms with E-state index in [9.17, 15) is 0 Å². The number of aliphatic imine (C=N–C) groups is 1. The molecule has 1 aliphatic carbocycles. The molecule has 2 aromatic carbocycles. The number of benzene rings is 2. The number of nitrogens with zero attached hydrogens (tertiary/aromatic N) is 4.